The molecule has 2 rings (SSSR count). The lowest BCUT2D eigenvalue weighted by Gasteiger charge is -2.21. The molecule has 0 aliphatic heterocycles. The van der Waals surface area contributed by atoms with Gasteiger partial charge >= 0.3 is 0 Å². The first kappa shape index (κ1) is 12.6. The molecule has 1 aliphatic rings. The molecule has 2 N–H and O–H groups in total. The molecule has 1 aromatic rings. The van der Waals surface area contributed by atoms with E-state index >= 15 is 0 Å². The Morgan fingerprint density at radius 1 is 1.24 bits per heavy atom. The summed E-state index contributed by atoms with van der Waals surface area (Å²) in [5.74, 6) is 1.47. The van der Waals surface area contributed by atoms with Gasteiger partial charge in [-0.3, -0.25) is 0 Å². The van der Waals surface area contributed by atoms with Gasteiger partial charge in [-0.25, -0.2) is 0 Å². The summed E-state index contributed by atoms with van der Waals surface area (Å²) in [6.07, 6.45) is 7.96. The minimum absolute atomic E-state index is 0.605. The zero-order valence-corrected chi connectivity index (χ0v) is 10.9. The summed E-state index contributed by atoms with van der Waals surface area (Å²) in [6, 6.07) is 5.47. The molecule has 0 amide bonds. The molecule has 1 aliphatic carbocycles. The summed E-state index contributed by atoms with van der Waals surface area (Å²) in [4.78, 5) is 0. The van der Waals surface area contributed by atoms with Crippen molar-refractivity contribution in [2.24, 2.45) is 5.92 Å². The molecule has 0 saturated heterocycles. The largest absolute Gasteiger partial charge is 0.490 e. The van der Waals surface area contributed by atoms with Gasteiger partial charge in [0.15, 0.2) is 5.75 Å². The van der Waals surface area contributed by atoms with Crippen LogP contribution in [0.4, 0.5) is 5.69 Å². The molecule has 0 spiro atoms. The lowest BCUT2D eigenvalue weighted by molar-refractivity contribution is 0.247. The van der Waals surface area contributed by atoms with Crippen molar-refractivity contribution in [3.05, 3.63) is 23.2 Å². The van der Waals surface area contributed by atoms with Crippen molar-refractivity contribution >= 4 is 17.3 Å². The normalized spacial score (nSPS) is 17.0. The van der Waals surface area contributed by atoms with Crippen LogP contribution in [0.1, 0.15) is 38.5 Å². The van der Waals surface area contributed by atoms with Crippen LogP contribution in [0.2, 0.25) is 5.02 Å². The second kappa shape index (κ2) is 6.15. The van der Waals surface area contributed by atoms with Crippen molar-refractivity contribution in [3.8, 4) is 5.75 Å². The van der Waals surface area contributed by atoms with E-state index in [-0.39, 0.29) is 0 Å². The Labute approximate surface area is 108 Å². The summed E-state index contributed by atoms with van der Waals surface area (Å²) in [5, 5.41) is 0.605. The lowest BCUT2D eigenvalue weighted by Crippen LogP contribution is -2.11. The van der Waals surface area contributed by atoms with Crippen LogP contribution in [0, 0.1) is 5.92 Å². The fourth-order valence-corrected chi connectivity index (χ4v) is 2.72. The molecule has 1 fully saturated rings. The molecule has 0 heterocycles. The van der Waals surface area contributed by atoms with Gasteiger partial charge in [0.25, 0.3) is 0 Å². The van der Waals surface area contributed by atoms with Crippen molar-refractivity contribution in [2.45, 2.75) is 38.5 Å². The predicted molar refractivity (Wildman–Crippen MR) is 72.6 cm³/mol. The van der Waals surface area contributed by atoms with Crippen molar-refractivity contribution in [1.82, 2.24) is 0 Å². The van der Waals surface area contributed by atoms with Crippen LogP contribution < -0.4 is 10.5 Å². The molecule has 3 heteroatoms. The van der Waals surface area contributed by atoms with Gasteiger partial charge < -0.3 is 10.5 Å². The smallest absolute Gasteiger partial charge is 0.160 e. The molecule has 0 radical (unpaired) electrons. The minimum Gasteiger partial charge on any atom is -0.490 e. The highest BCUT2D eigenvalue weighted by molar-refractivity contribution is 6.32. The van der Waals surface area contributed by atoms with Crippen molar-refractivity contribution in [1.29, 1.82) is 0 Å². The SMILES string of the molecule is Nc1cccc(Cl)c1OCCC1CCCCC1. The number of hydrogen-bond donors (Lipinski definition) is 1. The Hall–Kier alpha value is -0.890. The van der Waals surface area contributed by atoms with Crippen molar-refractivity contribution < 1.29 is 4.74 Å². The number of benzene rings is 1. The lowest BCUT2D eigenvalue weighted by atomic mass is 9.87. The summed E-state index contributed by atoms with van der Waals surface area (Å²) >= 11 is 6.05. The Balaban J connectivity index is 1.81. The van der Waals surface area contributed by atoms with Gasteiger partial charge in [-0.2, -0.15) is 0 Å². The van der Waals surface area contributed by atoms with Gasteiger partial charge in [0, 0.05) is 0 Å². The Bertz CT molecular complexity index is 341. The van der Waals surface area contributed by atoms with Crippen LogP contribution in [-0.2, 0) is 0 Å². The molecule has 1 saturated carbocycles. The van der Waals surface area contributed by atoms with E-state index in [1.165, 1.54) is 32.1 Å². The molecule has 0 bridgehead atoms. The van der Waals surface area contributed by atoms with E-state index in [4.69, 9.17) is 22.1 Å². The van der Waals surface area contributed by atoms with Gasteiger partial charge in [0.05, 0.1) is 17.3 Å². The summed E-state index contributed by atoms with van der Waals surface area (Å²) < 4.78 is 5.71. The van der Waals surface area contributed by atoms with Crippen molar-refractivity contribution in [3.63, 3.8) is 0 Å². The highest BCUT2D eigenvalue weighted by Gasteiger charge is 2.14. The predicted octanol–water partition coefficient (Wildman–Crippen LogP) is 4.27. The Morgan fingerprint density at radius 2 is 2.00 bits per heavy atom. The van der Waals surface area contributed by atoms with Crippen LogP contribution in [0.3, 0.4) is 0 Å². The number of ether oxygens (including phenoxy) is 1. The highest BCUT2D eigenvalue weighted by Crippen LogP contribution is 2.31. The third-order valence-corrected chi connectivity index (χ3v) is 3.79. The third kappa shape index (κ3) is 3.53. The van der Waals surface area contributed by atoms with Crippen molar-refractivity contribution in [2.75, 3.05) is 12.3 Å². The maximum Gasteiger partial charge on any atom is 0.160 e. The number of halogens is 1. The number of nitrogens with two attached hydrogens (primary N) is 1. The Morgan fingerprint density at radius 3 is 2.71 bits per heavy atom. The van der Waals surface area contributed by atoms with Crippen LogP contribution in [0.25, 0.3) is 0 Å². The first-order valence-electron chi connectivity index (χ1n) is 6.44. The van der Waals surface area contributed by atoms with Gasteiger partial charge in [-0.05, 0) is 24.5 Å². The van der Waals surface area contributed by atoms with Gasteiger partial charge in [0.1, 0.15) is 0 Å². The Kier molecular flexibility index (Phi) is 4.55. The first-order valence-corrected chi connectivity index (χ1v) is 6.82. The zero-order valence-electron chi connectivity index (χ0n) is 10.1. The van der Waals surface area contributed by atoms with Gasteiger partial charge in [0.2, 0.25) is 0 Å². The van der Waals surface area contributed by atoms with Crippen LogP contribution in [-0.4, -0.2) is 6.61 Å². The van der Waals surface area contributed by atoms with E-state index in [2.05, 4.69) is 0 Å². The molecule has 94 valence electrons. The van der Waals surface area contributed by atoms with Crippen LogP contribution in [0.15, 0.2) is 18.2 Å². The maximum absolute atomic E-state index is 6.05. The van der Waals surface area contributed by atoms with Crippen LogP contribution >= 0.6 is 11.6 Å². The van der Waals surface area contributed by atoms with Gasteiger partial charge in [-0.15, -0.1) is 0 Å². The second-order valence-corrected chi connectivity index (χ2v) is 5.21. The van der Waals surface area contributed by atoms with E-state index in [1.54, 1.807) is 0 Å². The van der Waals surface area contributed by atoms with E-state index in [9.17, 15) is 0 Å². The quantitative estimate of drug-likeness (QED) is 0.814. The molecule has 0 aromatic heterocycles. The fraction of sp³-hybridized carbons (Fsp3) is 0.571. The average Bonchev–Trinajstić information content (AvgIpc) is 2.34. The molecular formula is C14H20ClNO. The van der Waals surface area contributed by atoms with E-state index < -0.39 is 0 Å². The molecular weight excluding hydrogens is 234 g/mol. The van der Waals surface area contributed by atoms with E-state index in [0.29, 0.717) is 16.5 Å². The molecule has 1 aromatic carbocycles. The zero-order chi connectivity index (χ0) is 12.1. The summed E-state index contributed by atoms with van der Waals surface area (Å²) in [5.41, 5.74) is 6.46. The average molecular weight is 254 g/mol. The number of nitrogen functional groups attached to an aromatic ring is 1. The third-order valence-electron chi connectivity index (χ3n) is 3.49. The summed E-state index contributed by atoms with van der Waals surface area (Å²) in [7, 11) is 0. The van der Waals surface area contributed by atoms with Gasteiger partial charge in [-0.1, -0.05) is 49.8 Å². The molecule has 0 unspecified atom stereocenters. The molecule has 17 heavy (non-hydrogen) atoms. The second-order valence-electron chi connectivity index (χ2n) is 4.80. The number of rotatable bonds is 4. The minimum atomic E-state index is 0.605. The molecule has 0 atom stereocenters. The van der Waals surface area contributed by atoms with Crippen LogP contribution in [0.5, 0.6) is 5.75 Å². The van der Waals surface area contributed by atoms with E-state index in [1.807, 2.05) is 18.2 Å². The highest BCUT2D eigenvalue weighted by atomic mass is 35.5. The number of hydrogen-bond acceptors (Lipinski definition) is 2. The first-order chi connectivity index (χ1) is 8.27. The topological polar surface area (TPSA) is 35.2 Å². The standard InChI is InChI=1S/C14H20ClNO/c15-12-7-4-8-13(16)14(12)17-10-9-11-5-2-1-3-6-11/h4,7-8,11H,1-3,5-6,9-10,16H2. The van der Waals surface area contributed by atoms with E-state index in [0.717, 1.165) is 18.9 Å². The molecule has 2 nitrogen and oxygen atoms in total. The fourth-order valence-electron chi connectivity index (χ4n) is 2.48. The number of para-hydroxylation sites is 1. The maximum atomic E-state index is 6.05. The summed E-state index contributed by atoms with van der Waals surface area (Å²) in [6.45, 7) is 0.721. The monoisotopic (exact) mass is 253 g/mol. The number of anilines is 1.